The maximum Gasteiger partial charge on any atom is 0.0816 e. The highest BCUT2D eigenvalue weighted by atomic mass is 35.5. The van der Waals surface area contributed by atoms with Crippen molar-refractivity contribution in [1.29, 1.82) is 0 Å². The molecule has 2 unspecified atom stereocenters. The number of halogens is 1. The first-order valence-corrected chi connectivity index (χ1v) is 8.73. The Morgan fingerprint density at radius 1 is 1.29 bits per heavy atom. The van der Waals surface area contributed by atoms with E-state index in [1.165, 1.54) is 45.2 Å². The van der Waals surface area contributed by atoms with Crippen LogP contribution in [0.1, 0.15) is 57.1 Å². The number of aliphatic hydroxyl groups excluding tert-OH is 1. The lowest BCUT2D eigenvalue weighted by Crippen LogP contribution is -2.27. The van der Waals surface area contributed by atoms with E-state index in [0.717, 1.165) is 24.4 Å². The van der Waals surface area contributed by atoms with Gasteiger partial charge in [-0.1, -0.05) is 49.6 Å². The van der Waals surface area contributed by atoms with Crippen molar-refractivity contribution in [3.63, 3.8) is 0 Å². The third kappa shape index (κ3) is 5.28. The average molecular weight is 310 g/mol. The Bertz CT molecular complexity index is 423. The number of hydrogen-bond donors (Lipinski definition) is 1. The van der Waals surface area contributed by atoms with Gasteiger partial charge in [-0.3, -0.25) is 0 Å². The van der Waals surface area contributed by atoms with Crippen molar-refractivity contribution in [1.82, 2.24) is 4.90 Å². The van der Waals surface area contributed by atoms with Gasteiger partial charge in [0.05, 0.1) is 6.10 Å². The van der Waals surface area contributed by atoms with Crippen LogP contribution in [0.4, 0.5) is 0 Å². The van der Waals surface area contributed by atoms with Crippen LogP contribution in [0, 0.1) is 5.92 Å². The van der Waals surface area contributed by atoms with Crippen LogP contribution in [0.3, 0.4) is 0 Å². The second-order valence-corrected chi connectivity index (χ2v) is 6.66. The molecule has 3 heteroatoms. The number of aliphatic hydroxyl groups is 1. The molecule has 1 aromatic rings. The van der Waals surface area contributed by atoms with Gasteiger partial charge in [-0.15, -0.1) is 0 Å². The first-order valence-electron chi connectivity index (χ1n) is 8.35. The summed E-state index contributed by atoms with van der Waals surface area (Å²) in [4.78, 5) is 2.51. The smallest absolute Gasteiger partial charge is 0.0816 e. The van der Waals surface area contributed by atoms with Gasteiger partial charge in [0, 0.05) is 11.6 Å². The van der Waals surface area contributed by atoms with E-state index in [1.807, 2.05) is 24.3 Å². The molecule has 21 heavy (non-hydrogen) atoms. The topological polar surface area (TPSA) is 23.5 Å². The van der Waals surface area contributed by atoms with Crippen molar-refractivity contribution in [3.05, 3.63) is 34.9 Å². The molecule has 1 aromatic carbocycles. The minimum atomic E-state index is -0.451. The summed E-state index contributed by atoms with van der Waals surface area (Å²) < 4.78 is 0. The van der Waals surface area contributed by atoms with E-state index >= 15 is 0 Å². The first-order chi connectivity index (χ1) is 10.2. The van der Waals surface area contributed by atoms with Gasteiger partial charge in [0.25, 0.3) is 0 Å². The van der Waals surface area contributed by atoms with Crippen molar-refractivity contribution in [2.24, 2.45) is 5.92 Å². The van der Waals surface area contributed by atoms with E-state index in [9.17, 15) is 5.11 Å². The standard InChI is InChI=1S/C18H28ClNO/c1-2-6-15-7-5-12-20(13-10-15)14-11-18(21)16-8-3-4-9-17(16)19/h3-4,8-9,15,18,21H,2,5-7,10-14H2,1H3. The highest BCUT2D eigenvalue weighted by Crippen LogP contribution is 2.26. The van der Waals surface area contributed by atoms with Gasteiger partial charge in [-0.25, -0.2) is 0 Å². The summed E-state index contributed by atoms with van der Waals surface area (Å²) in [6.07, 6.45) is 6.97. The predicted molar refractivity (Wildman–Crippen MR) is 89.7 cm³/mol. The van der Waals surface area contributed by atoms with Crippen LogP contribution in [-0.4, -0.2) is 29.6 Å². The number of likely N-dealkylation sites (tertiary alicyclic amines) is 1. The van der Waals surface area contributed by atoms with Crippen LogP contribution in [0.15, 0.2) is 24.3 Å². The van der Waals surface area contributed by atoms with Crippen molar-refractivity contribution >= 4 is 11.6 Å². The fraction of sp³-hybridized carbons (Fsp3) is 0.667. The van der Waals surface area contributed by atoms with E-state index in [0.29, 0.717) is 5.02 Å². The van der Waals surface area contributed by atoms with Gasteiger partial charge >= 0.3 is 0 Å². The Labute approximate surface area is 134 Å². The third-order valence-corrected chi connectivity index (χ3v) is 4.96. The molecule has 0 spiro atoms. The molecule has 0 aliphatic carbocycles. The lowest BCUT2D eigenvalue weighted by Gasteiger charge is -2.22. The molecule has 1 fully saturated rings. The summed E-state index contributed by atoms with van der Waals surface area (Å²) in [5, 5.41) is 11.0. The Kier molecular flexibility index (Phi) is 7.01. The minimum Gasteiger partial charge on any atom is -0.388 e. The summed E-state index contributed by atoms with van der Waals surface area (Å²) >= 11 is 6.15. The van der Waals surface area contributed by atoms with Crippen molar-refractivity contribution in [2.75, 3.05) is 19.6 Å². The van der Waals surface area contributed by atoms with Crippen molar-refractivity contribution in [3.8, 4) is 0 Å². The Hall–Kier alpha value is -0.570. The van der Waals surface area contributed by atoms with E-state index in [1.54, 1.807) is 0 Å². The molecular weight excluding hydrogens is 282 g/mol. The molecule has 0 aromatic heterocycles. The van der Waals surface area contributed by atoms with Crippen molar-refractivity contribution in [2.45, 2.75) is 51.6 Å². The van der Waals surface area contributed by atoms with Crippen molar-refractivity contribution < 1.29 is 5.11 Å². The molecule has 1 aliphatic rings. The molecule has 0 bridgehead atoms. The van der Waals surface area contributed by atoms with E-state index in [2.05, 4.69) is 11.8 Å². The Morgan fingerprint density at radius 2 is 2.10 bits per heavy atom. The molecule has 1 N–H and O–H groups in total. The summed E-state index contributed by atoms with van der Waals surface area (Å²) in [7, 11) is 0. The van der Waals surface area contributed by atoms with Gasteiger partial charge in [0.1, 0.15) is 0 Å². The highest BCUT2D eigenvalue weighted by Gasteiger charge is 2.18. The molecule has 1 saturated heterocycles. The number of nitrogens with zero attached hydrogens (tertiary/aromatic N) is 1. The maximum absolute atomic E-state index is 10.3. The zero-order valence-corrected chi connectivity index (χ0v) is 13.9. The lowest BCUT2D eigenvalue weighted by atomic mass is 9.96. The molecule has 0 amide bonds. The van der Waals surface area contributed by atoms with E-state index < -0.39 is 6.10 Å². The third-order valence-electron chi connectivity index (χ3n) is 4.62. The quantitative estimate of drug-likeness (QED) is 0.825. The average Bonchev–Trinajstić information content (AvgIpc) is 2.71. The summed E-state index contributed by atoms with van der Waals surface area (Å²) in [6.45, 7) is 5.60. The first kappa shape index (κ1) is 16.8. The summed E-state index contributed by atoms with van der Waals surface area (Å²) in [6, 6.07) is 7.61. The largest absolute Gasteiger partial charge is 0.388 e. The summed E-state index contributed by atoms with van der Waals surface area (Å²) in [5.41, 5.74) is 0.859. The van der Waals surface area contributed by atoms with Crippen LogP contribution >= 0.6 is 11.6 Å². The predicted octanol–water partition coefficient (Wildman–Crippen LogP) is 4.67. The molecule has 2 atom stereocenters. The lowest BCUT2D eigenvalue weighted by molar-refractivity contribution is 0.142. The molecule has 118 valence electrons. The highest BCUT2D eigenvalue weighted by molar-refractivity contribution is 6.31. The van der Waals surface area contributed by atoms with Gasteiger partial charge in [0.2, 0.25) is 0 Å². The molecule has 1 aliphatic heterocycles. The minimum absolute atomic E-state index is 0.451. The molecule has 2 nitrogen and oxygen atoms in total. The van der Waals surface area contributed by atoms with Gasteiger partial charge in [-0.05, 0) is 56.3 Å². The molecular formula is C18H28ClNO. The Balaban J connectivity index is 1.79. The van der Waals surface area contributed by atoms with E-state index in [-0.39, 0.29) is 0 Å². The number of rotatable bonds is 6. The van der Waals surface area contributed by atoms with Crippen LogP contribution in [0.5, 0.6) is 0 Å². The van der Waals surface area contributed by atoms with Gasteiger partial charge < -0.3 is 10.0 Å². The second kappa shape index (κ2) is 8.77. The molecule has 0 radical (unpaired) electrons. The maximum atomic E-state index is 10.3. The molecule has 0 saturated carbocycles. The fourth-order valence-electron chi connectivity index (χ4n) is 3.35. The van der Waals surface area contributed by atoms with E-state index in [4.69, 9.17) is 11.6 Å². The van der Waals surface area contributed by atoms with Gasteiger partial charge in [0.15, 0.2) is 0 Å². The normalized spacial score (nSPS) is 22.0. The fourth-order valence-corrected chi connectivity index (χ4v) is 3.61. The van der Waals surface area contributed by atoms with Crippen LogP contribution in [-0.2, 0) is 0 Å². The number of hydrogen-bond acceptors (Lipinski definition) is 2. The second-order valence-electron chi connectivity index (χ2n) is 6.25. The van der Waals surface area contributed by atoms with Crippen LogP contribution in [0.25, 0.3) is 0 Å². The SMILES string of the molecule is CCCC1CCCN(CCC(O)c2ccccc2Cl)CC1. The van der Waals surface area contributed by atoms with Gasteiger partial charge in [-0.2, -0.15) is 0 Å². The number of benzene rings is 1. The van der Waals surface area contributed by atoms with Crippen LogP contribution in [0.2, 0.25) is 5.02 Å². The molecule has 2 rings (SSSR count). The van der Waals surface area contributed by atoms with Crippen LogP contribution < -0.4 is 0 Å². The zero-order chi connectivity index (χ0) is 15.1. The Morgan fingerprint density at radius 3 is 2.86 bits per heavy atom. The zero-order valence-electron chi connectivity index (χ0n) is 13.1. The summed E-state index contributed by atoms with van der Waals surface area (Å²) in [5.74, 6) is 0.911. The monoisotopic (exact) mass is 309 g/mol. The molecule has 1 heterocycles.